The van der Waals surface area contributed by atoms with E-state index in [-0.39, 0.29) is 17.3 Å². The normalized spacial score (nSPS) is 12.1. The van der Waals surface area contributed by atoms with Gasteiger partial charge in [0, 0.05) is 13.6 Å². The van der Waals surface area contributed by atoms with Crippen LogP contribution in [0.5, 0.6) is 0 Å². The summed E-state index contributed by atoms with van der Waals surface area (Å²) >= 11 is 0. The van der Waals surface area contributed by atoms with Crippen LogP contribution >= 0.6 is 0 Å². The topological polar surface area (TPSA) is 86.8 Å². The molecule has 0 fully saturated rings. The number of rotatable bonds is 10. The summed E-state index contributed by atoms with van der Waals surface area (Å²) in [4.78, 5) is 28.0. The molecule has 9 heteroatoms. The lowest BCUT2D eigenvalue weighted by atomic mass is 10.1. The number of aryl methyl sites for hydroxylation is 3. The van der Waals surface area contributed by atoms with Gasteiger partial charge in [0.05, 0.1) is 10.6 Å². The standard InChI is InChI=1S/C29H34FN3O4S/c1-6-26(29(35)31-5)32(18-23-10-12-24(30)13-11-23)28(34)19-33(27-16-9-21(3)17-22(27)4)38(36,37)25-14-7-20(2)8-15-25/h7-17,26H,6,18-19H2,1-5H3,(H,31,35). The summed E-state index contributed by atoms with van der Waals surface area (Å²) in [6, 6.07) is 16.6. The summed E-state index contributed by atoms with van der Waals surface area (Å²) < 4.78 is 42.4. The highest BCUT2D eigenvalue weighted by molar-refractivity contribution is 7.92. The Morgan fingerprint density at radius 2 is 1.53 bits per heavy atom. The van der Waals surface area contributed by atoms with Crippen LogP contribution in [0.1, 0.15) is 35.6 Å². The number of halogens is 1. The minimum atomic E-state index is -4.14. The fraction of sp³-hybridized carbons (Fsp3) is 0.310. The number of nitrogens with zero attached hydrogens (tertiary/aromatic N) is 2. The molecular weight excluding hydrogens is 505 g/mol. The summed E-state index contributed by atoms with van der Waals surface area (Å²) in [6.45, 7) is 6.82. The summed E-state index contributed by atoms with van der Waals surface area (Å²) in [7, 11) is -2.65. The Morgan fingerprint density at radius 3 is 2.08 bits per heavy atom. The highest BCUT2D eigenvalue weighted by Gasteiger charge is 2.33. The van der Waals surface area contributed by atoms with E-state index in [0.717, 1.165) is 15.4 Å². The van der Waals surface area contributed by atoms with E-state index in [4.69, 9.17) is 0 Å². The van der Waals surface area contributed by atoms with Crippen LogP contribution in [0.3, 0.4) is 0 Å². The predicted octanol–water partition coefficient (Wildman–Crippen LogP) is 4.50. The SMILES string of the molecule is CCC(C(=O)NC)N(Cc1ccc(F)cc1)C(=O)CN(c1ccc(C)cc1C)S(=O)(=O)c1ccc(C)cc1. The maximum Gasteiger partial charge on any atom is 0.264 e. The van der Waals surface area contributed by atoms with Crippen LogP contribution < -0.4 is 9.62 Å². The van der Waals surface area contributed by atoms with Crippen molar-refractivity contribution in [2.45, 2.75) is 51.6 Å². The zero-order chi connectivity index (χ0) is 28.0. The van der Waals surface area contributed by atoms with Gasteiger partial charge < -0.3 is 10.2 Å². The molecule has 1 atom stereocenters. The average Bonchev–Trinajstić information content (AvgIpc) is 2.88. The number of nitrogens with one attached hydrogen (secondary N) is 1. The molecule has 0 aliphatic rings. The van der Waals surface area contributed by atoms with Gasteiger partial charge in [-0.3, -0.25) is 13.9 Å². The number of carbonyl (C=O) groups is 2. The fourth-order valence-electron chi connectivity index (χ4n) is 4.31. The summed E-state index contributed by atoms with van der Waals surface area (Å²) in [5.41, 5.74) is 3.53. The fourth-order valence-corrected chi connectivity index (χ4v) is 5.79. The van der Waals surface area contributed by atoms with Crippen molar-refractivity contribution in [2.75, 3.05) is 17.9 Å². The lowest BCUT2D eigenvalue weighted by Gasteiger charge is -2.33. The molecule has 3 aromatic carbocycles. The van der Waals surface area contributed by atoms with Gasteiger partial charge in [-0.25, -0.2) is 12.8 Å². The van der Waals surface area contributed by atoms with Gasteiger partial charge in [0.2, 0.25) is 11.8 Å². The van der Waals surface area contributed by atoms with E-state index in [2.05, 4.69) is 5.32 Å². The second-order valence-electron chi connectivity index (χ2n) is 9.30. The lowest BCUT2D eigenvalue weighted by Crippen LogP contribution is -2.51. The molecule has 3 aromatic rings. The van der Waals surface area contributed by atoms with Crippen LogP contribution in [0.4, 0.5) is 10.1 Å². The molecular formula is C29H34FN3O4S. The van der Waals surface area contributed by atoms with E-state index in [0.29, 0.717) is 23.2 Å². The number of likely N-dealkylation sites (N-methyl/N-ethyl adjacent to an activating group) is 1. The van der Waals surface area contributed by atoms with Crippen LogP contribution in [-0.4, -0.2) is 44.8 Å². The van der Waals surface area contributed by atoms with Crippen molar-refractivity contribution in [1.29, 1.82) is 0 Å². The van der Waals surface area contributed by atoms with Crippen molar-refractivity contribution in [3.63, 3.8) is 0 Å². The molecule has 7 nitrogen and oxygen atoms in total. The molecule has 2 amide bonds. The Kier molecular flexibility index (Phi) is 9.27. The van der Waals surface area contributed by atoms with Crippen LogP contribution in [0.2, 0.25) is 0 Å². The Bertz CT molecular complexity index is 1390. The first kappa shape index (κ1) is 28.8. The maximum absolute atomic E-state index is 13.9. The molecule has 0 aliphatic heterocycles. The van der Waals surface area contributed by atoms with Crippen LogP contribution in [0, 0.1) is 26.6 Å². The van der Waals surface area contributed by atoms with Crippen molar-refractivity contribution in [3.8, 4) is 0 Å². The number of hydrogen-bond acceptors (Lipinski definition) is 4. The van der Waals surface area contributed by atoms with Crippen molar-refractivity contribution in [3.05, 3.63) is 94.8 Å². The smallest absolute Gasteiger partial charge is 0.264 e. The molecule has 202 valence electrons. The van der Waals surface area contributed by atoms with Crippen LogP contribution in [-0.2, 0) is 26.2 Å². The highest BCUT2D eigenvalue weighted by Crippen LogP contribution is 2.28. The minimum Gasteiger partial charge on any atom is -0.357 e. The molecule has 0 aromatic heterocycles. The number of hydrogen-bond donors (Lipinski definition) is 1. The van der Waals surface area contributed by atoms with Gasteiger partial charge >= 0.3 is 0 Å². The second-order valence-corrected chi connectivity index (χ2v) is 11.2. The minimum absolute atomic E-state index is 0.0103. The van der Waals surface area contributed by atoms with Crippen molar-refractivity contribution >= 4 is 27.5 Å². The van der Waals surface area contributed by atoms with Gasteiger partial charge in [-0.15, -0.1) is 0 Å². The molecule has 0 saturated heterocycles. The molecule has 0 heterocycles. The molecule has 1 N–H and O–H groups in total. The van der Waals surface area contributed by atoms with Crippen molar-refractivity contribution in [1.82, 2.24) is 10.2 Å². The van der Waals surface area contributed by atoms with E-state index in [1.165, 1.54) is 48.3 Å². The van der Waals surface area contributed by atoms with Gasteiger partial charge in [-0.2, -0.15) is 0 Å². The number of benzene rings is 3. The average molecular weight is 540 g/mol. The van der Waals surface area contributed by atoms with E-state index in [1.807, 2.05) is 19.9 Å². The highest BCUT2D eigenvalue weighted by atomic mass is 32.2. The molecule has 3 rings (SSSR count). The summed E-state index contributed by atoms with van der Waals surface area (Å²) in [5, 5.41) is 2.58. The first-order valence-corrected chi connectivity index (χ1v) is 13.8. The zero-order valence-corrected chi connectivity index (χ0v) is 23.2. The van der Waals surface area contributed by atoms with Gasteiger partial charge in [0.25, 0.3) is 10.0 Å². The van der Waals surface area contributed by atoms with Gasteiger partial charge in [-0.1, -0.05) is 54.4 Å². The van der Waals surface area contributed by atoms with E-state index < -0.39 is 34.3 Å². The molecule has 0 radical (unpaired) electrons. The van der Waals surface area contributed by atoms with Gasteiger partial charge in [0.1, 0.15) is 18.4 Å². The molecule has 38 heavy (non-hydrogen) atoms. The predicted molar refractivity (Wildman–Crippen MR) is 147 cm³/mol. The first-order valence-electron chi connectivity index (χ1n) is 12.4. The third-order valence-corrected chi connectivity index (χ3v) is 8.18. The lowest BCUT2D eigenvalue weighted by molar-refractivity contribution is -0.140. The van der Waals surface area contributed by atoms with Gasteiger partial charge in [0.15, 0.2) is 0 Å². The molecule has 0 spiro atoms. The van der Waals surface area contributed by atoms with E-state index in [9.17, 15) is 22.4 Å². The van der Waals surface area contributed by atoms with Gasteiger partial charge in [-0.05, 0) is 68.7 Å². The van der Waals surface area contributed by atoms with Crippen molar-refractivity contribution in [2.24, 2.45) is 0 Å². The van der Waals surface area contributed by atoms with Crippen LogP contribution in [0.25, 0.3) is 0 Å². The summed E-state index contributed by atoms with van der Waals surface area (Å²) in [6.07, 6.45) is 0.306. The number of carbonyl (C=O) groups excluding carboxylic acids is 2. The maximum atomic E-state index is 13.9. The number of amides is 2. The molecule has 0 saturated carbocycles. The molecule has 1 unspecified atom stereocenters. The quantitative estimate of drug-likeness (QED) is 0.411. The van der Waals surface area contributed by atoms with Crippen LogP contribution in [0.15, 0.2) is 71.6 Å². The third kappa shape index (κ3) is 6.58. The van der Waals surface area contributed by atoms with E-state index >= 15 is 0 Å². The number of anilines is 1. The number of sulfonamides is 1. The Morgan fingerprint density at radius 1 is 0.921 bits per heavy atom. The molecule has 0 aliphatic carbocycles. The summed E-state index contributed by atoms with van der Waals surface area (Å²) in [5.74, 6) is -1.35. The first-order chi connectivity index (χ1) is 18.0. The molecule has 0 bridgehead atoms. The monoisotopic (exact) mass is 539 g/mol. The Hall–Kier alpha value is -3.72. The second kappa shape index (κ2) is 12.2. The zero-order valence-electron chi connectivity index (χ0n) is 22.4. The van der Waals surface area contributed by atoms with E-state index in [1.54, 1.807) is 38.1 Å². The van der Waals surface area contributed by atoms with Crippen molar-refractivity contribution < 1.29 is 22.4 Å². The largest absolute Gasteiger partial charge is 0.357 e. The Labute approximate surface area is 224 Å². The Balaban J connectivity index is 2.09. The third-order valence-electron chi connectivity index (χ3n) is 6.41.